The van der Waals surface area contributed by atoms with E-state index in [4.69, 9.17) is 9.90 Å². The topological polar surface area (TPSA) is 147 Å². The van der Waals surface area contributed by atoms with Crippen LogP contribution in [0.5, 0.6) is 0 Å². The summed E-state index contributed by atoms with van der Waals surface area (Å²) in [4.78, 5) is 13.0. The van der Waals surface area contributed by atoms with Crippen molar-refractivity contribution in [3.8, 4) is 0 Å². The fourth-order valence-corrected chi connectivity index (χ4v) is 6.79. The minimum Gasteiger partial charge on any atom is -0.475 e. The lowest BCUT2D eigenvalue weighted by Crippen LogP contribution is -2.33. The zero-order chi connectivity index (χ0) is 29.0. The summed E-state index contributed by atoms with van der Waals surface area (Å²) in [5.74, 6) is -1.54. The van der Waals surface area contributed by atoms with Gasteiger partial charge in [0, 0.05) is 37.8 Å². The summed E-state index contributed by atoms with van der Waals surface area (Å²) in [7, 11) is -7.38. The van der Waals surface area contributed by atoms with Crippen molar-refractivity contribution in [3.05, 3.63) is 36.9 Å². The number of halogens is 3. The lowest BCUT2D eigenvalue weighted by Gasteiger charge is -2.36. The molecule has 10 nitrogen and oxygen atoms in total. The number of alkyl halides is 3. The minimum absolute atomic E-state index is 0.00137. The summed E-state index contributed by atoms with van der Waals surface area (Å²) in [6, 6.07) is 4.72. The van der Waals surface area contributed by atoms with E-state index < -0.39 is 32.0 Å². The van der Waals surface area contributed by atoms with Crippen molar-refractivity contribution in [1.82, 2.24) is 14.3 Å². The summed E-state index contributed by atoms with van der Waals surface area (Å²) in [5.41, 5.74) is 0.440. The number of benzene rings is 1. The molecular formula is C24H33F3N4O6S2. The number of sulfonamides is 1. The van der Waals surface area contributed by atoms with Crippen LogP contribution in [-0.4, -0.2) is 63.0 Å². The Morgan fingerprint density at radius 3 is 2.33 bits per heavy atom. The number of aromatic nitrogens is 2. The molecule has 2 aliphatic rings. The molecule has 3 N–H and O–H groups in total. The molecule has 2 atom stereocenters. The van der Waals surface area contributed by atoms with E-state index in [0.717, 1.165) is 38.4 Å². The lowest BCUT2D eigenvalue weighted by atomic mass is 9.80. The number of nitrogens with one attached hydrogen (secondary N) is 2. The van der Waals surface area contributed by atoms with E-state index >= 15 is 0 Å². The number of imidazole rings is 1. The molecule has 2 aromatic rings. The quantitative estimate of drug-likeness (QED) is 0.398. The highest BCUT2D eigenvalue weighted by atomic mass is 32.2. The molecule has 1 aromatic heterocycles. The van der Waals surface area contributed by atoms with Gasteiger partial charge in [-0.3, -0.25) is 0 Å². The van der Waals surface area contributed by atoms with Gasteiger partial charge in [-0.25, -0.2) is 31.3 Å². The molecule has 0 aliphatic heterocycles. The molecule has 0 spiro atoms. The first-order chi connectivity index (χ1) is 18.1. The number of carbonyl (C=O) groups is 1. The molecule has 2 unspecified atom stereocenters. The van der Waals surface area contributed by atoms with Crippen LogP contribution in [0.1, 0.15) is 45.1 Å². The van der Waals surface area contributed by atoms with Crippen LogP contribution in [0.25, 0.3) is 0 Å². The van der Waals surface area contributed by atoms with Crippen LogP contribution in [0.3, 0.4) is 0 Å². The summed E-state index contributed by atoms with van der Waals surface area (Å²) in [6.07, 6.45) is 6.78. The maximum Gasteiger partial charge on any atom is 0.490 e. The normalized spacial score (nSPS) is 23.4. The second kappa shape index (κ2) is 12.3. The standard InChI is InChI=1S/C22H32N4O4S2.C2HF3O2/c1-16-4-3-5-18(16)14-25-32(29,30)22-12-20(31(2,27)28)6-7-21(22)24-13-17-10-19(11-17)26-9-8-23-15-26;3-2(4,5)1(6)7/h6-9,12,15-19,24-25H,3-5,10-11,13-14H2,1-2H3;(H,6,7). The molecule has 0 saturated heterocycles. The van der Waals surface area contributed by atoms with E-state index in [0.29, 0.717) is 42.6 Å². The molecule has 15 heteroatoms. The highest BCUT2D eigenvalue weighted by Crippen LogP contribution is 2.38. The average Bonchev–Trinajstić information content (AvgIpc) is 3.48. The third-order valence-electron chi connectivity index (χ3n) is 7.23. The van der Waals surface area contributed by atoms with Gasteiger partial charge in [0.1, 0.15) is 4.90 Å². The number of anilines is 1. The molecule has 4 rings (SSSR count). The predicted molar refractivity (Wildman–Crippen MR) is 137 cm³/mol. The highest BCUT2D eigenvalue weighted by molar-refractivity contribution is 7.91. The summed E-state index contributed by atoms with van der Waals surface area (Å²) in [5, 5.41) is 10.4. The van der Waals surface area contributed by atoms with E-state index in [2.05, 4.69) is 26.5 Å². The van der Waals surface area contributed by atoms with Crippen LogP contribution in [0, 0.1) is 17.8 Å². The zero-order valence-electron chi connectivity index (χ0n) is 21.6. The van der Waals surface area contributed by atoms with Crippen LogP contribution in [0.15, 0.2) is 46.7 Å². The molecular weight excluding hydrogens is 561 g/mol. The summed E-state index contributed by atoms with van der Waals surface area (Å²) >= 11 is 0. The van der Waals surface area contributed by atoms with Crippen molar-refractivity contribution >= 4 is 31.5 Å². The third-order valence-corrected chi connectivity index (χ3v) is 9.80. The van der Waals surface area contributed by atoms with Crippen LogP contribution in [-0.2, 0) is 24.7 Å². The van der Waals surface area contributed by atoms with Gasteiger partial charge >= 0.3 is 12.1 Å². The maximum absolute atomic E-state index is 13.2. The van der Waals surface area contributed by atoms with Gasteiger partial charge in [0.15, 0.2) is 9.84 Å². The number of nitrogens with zero attached hydrogens (tertiary/aromatic N) is 2. The molecule has 2 saturated carbocycles. The van der Waals surface area contributed by atoms with Gasteiger partial charge in [0.2, 0.25) is 10.0 Å². The summed E-state index contributed by atoms with van der Waals surface area (Å²) < 4.78 is 87.0. The fourth-order valence-electron chi connectivity index (χ4n) is 4.77. The molecule has 1 aromatic carbocycles. The van der Waals surface area contributed by atoms with Crippen LogP contribution < -0.4 is 10.0 Å². The number of carboxylic acids is 1. The first kappa shape index (κ1) is 30.9. The van der Waals surface area contributed by atoms with Crippen molar-refractivity contribution in [2.75, 3.05) is 24.7 Å². The Kier molecular flexibility index (Phi) is 9.70. The molecule has 218 valence electrons. The molecule has 0 radical (unpaired) electrons. The maximum atomic E-state index is 13.2. The molecule has 0 amide bonds. The fraction of sp³-hybridized carbons (Fsp3) is 0.583. The van der Waals surface area contributed by atoms with Crippen molar-refractivity contribution in [2.24, 2.45) is 17.8 Å². The molecule has 2 aliphatic carbocycles. The van der Waals surface area contributed by atoms with E-state index in [9.17, 15) is 30.0 Å². The van der Waals surface area contributed by atoms with Gasteiger partial charge in [0.05, 0.1) is 16.9 Å². The number of carboxylic acid groups (broad SMARTS) is 1. The monoisotopic (exact) mass is 594 g/mol. The Morgan fingerprint density at radius 1 is 1.15 bits per heavy atom. The number of rotatable bonds is 9. The summed E-state index contributed by atoms with van der Waals surface area (Å²) in [6.45, 7) is 3.16. The first-order valence-corrected chi connectivity index (χ1v) is 15.8. The molecule has 0 bridgehead atoms. The van der Waals surface area contributed by atoms with E-state index in [-0.39, 0.29) is 9.79 Å². The number of hydrogen-bond acceptors (Lipinski definition) is 7. The Hall–Kier alpha value is -2.65. The lowest BCUT2D eigenvalue weighted by molar-refractivity contribution is -0.192. The van der Waals surface area contributed by atoms with Gasteiger partial charge in [-0.15, -0.1) is 0 Å². The van der Waals surface area contributed by atoms with Crippen molar-refractivity contribution in [3.63, 3.8) is 0 Å². The van der Waals surface area contributed by atoms with Crippen LogP contribution in [0.4, 0.5) is 18.9 Å². The number of aliphatic carboxylic acids is 1. The second-order valence-electron chi connectivity index (χ2n) is 10.1. The van der Waals surface area contributed by atoms with Gasteiger partial charge in [0.25, 0.3) is 0 Å². The zero-order valence-corrected chi connectivity index (χ0v) is 23.2. The smallest absolute Gasteiger partial charge is 0.475 e. The third kappa shape index (κ3) is 8.42. The molecule has 1 heterocycles. The van der Waals surface area contributed by atoms with E-state index in [1.165, 1.54) is 12.1 Å². The largest absolute Gasteiger partial charge is 0.490 e. The Bertz CT molecular complexity index is 1340. The molecule has 39 heavy (non-hydrogen) atoms. The Labute approximate surface area is 226 Å². The first-order valence-electron chi connectivity index (χ1n) is 12.4. The SMILES string of the molecule is CC1CCCC1CNS(=O)(=O)c1cc(S(C)(=O)=O)ccc1NCC1CC(n2ccnc2)C1.O=C(O)C(F)(F)F. The van der Waals surface area contributed by atoms with Crippen molar-refractivity contribution in [2.45, 2.75) is 61.0 Å². The number of sulfone groups is 1. The van der Waals surface area contributed by atoms with Crippen molar-refractivity contribution < 1.29 is 39.9 Å². The second-order valence-corrected chi connectivity index (χ2v) is 13.9. The van der Waals surface area contributed by atoms with Crippen LogP contribution in [0.2, 0.25) is 0 Å². The molecule has 2 fully saturated rings. The van der Waals surface area contributed by atoms with E-state index in [1.54, 1.807) is 12.3 Å². The van der Waals surface area contributed by atoms with Gasteiger partial charge in [-0.05, 0) is 55.2 Å². The van der Waals surface area contributed by atoms with Gasteiger partial charge < -0.3 is 15.0 Å². The average molecular weight is 595 g/mol. The van der Waals surface area contributed by atoms with E-state index in [1.807, 2.05) is 12.5 Å². The Morgan fingerprint density at radius 2 is 1.82 bits per heavy atom. The Balaban J connectivity index is 0.000000532. The van der Waals surface area contributed by atoms with Gasteiger partial charge in [-0.1, -0.05) is 19.8 Å². The minimum atomic E-state index is -5.08. The number of hydrogen-bond donors (Lipinski definition) is 3. The van der Waals surface area contributed by atoms with Crippen molar-refractivity contribution in [1.29, 1.82) is 0 Å². The van der Waals surface area contributed by atoms with Gasteiger partial charge in [-0.2, -0.15) is 13.2 Å². The predicted octanol–water partition coefficient (Wildman–Crippen LogP) is 3.70. The van der Waals surface area contributed by atoms with Crippen LogP contribution >= 0.6 is 0 Å². The highest BCUT2D eigenvalue weighted by Gasteiger charge is 2.38.